The van der Waals surface area contributed by atoms with E-state index in [1.807, 2.05) is 0 Å². The number of rotatable bonds is 5. The molecule has 1 heterocycles. The van der Waals surface area contributed by atoms with Gasteiger partial charge >= 0.3 is 0 Å². The number of aromatic nitrogens is 2. The van der Waals surface area contributed by atoms with Crippen LogP contribution in [0.3, 0.4) is 0 Å². The van der Waals surface area contributed by atoms with Gasteiger partial charge in [-0.1, -0.05) is 24.8 Å². The van der Waals surface area contributed by atoms with Gasteiger partial charge in [0.25, 0.3) is 0 Å². The number of hydrogen-bond acceptors (Lipinski definition) is 4. The minimum atomic E-state index is 0.513. The zero-order valence-corrected chi connectivity index (χ0v) is 10.3. The molecule has 1 fully saturated rings. The fraction of sp³-hybridized carbons (Fsp3) is 0.818. The zero-order chi connectivity index (χ0) is 10.7. The molecule has 0 spiro atoms. The van der Waals surface area contributed by atoms with Gasteiger partial charge in [0, 0.05) is 6.04 Å². The van der Waals surface area contributed by atoms with Gasteiger partial charge in [-0.05, 0) is 43.3 Å². The van der Waals surface area contributed by atoms with Gasteiger partial charge in [-0.25, -0.2) is 0 Å². The first-order valence-corrected chi connectivity index (χ1v) is 6.68. The molecule has 0 aromatic carbocycles. The van der Waals surface area contributed by atoms with Crippen LogP contribution in [-0.4, -0.2) is 16.1 Å². The van der Waals surface area contributed by atoms with Gasteiger partial charge in [0.15, 0.2) is 0 Å². The summed E-state index contributed by atoms with van der Waals surface area (Å²) in [5, 5.41) is 7.80. The van der Waals surface area contributed by atoms with E-state index in [1.165, 1.54) is 29.8 Å². The molecule has 1 aliphatic rings. The van der Waals surface area contributed by atoms with Crippen LogP contribution in [0.5, 0.6) is 0 Å². The van der Waals surface area contributed by atoms with E-state index in [1.54, 1.807) is 11.5 Å². The second-order valence-electron chi connectivity index (χ2n) is 4.16. The first kappa shape index (κ1) is 11.0. The van der Waals surface area contributed by atoms with Crippen molar-refractivity contribution in [1.29, 1.82) is 0 Å². The molecule has 3 nitrogen and oxygen atoms in total. The van der Waals surface area contributed by atoms with Crippen LogP contribution in [0.15, 0.2) is 0 Å². The third kappa shape index (κ3) is 2.21. The molecule has 2 rings (SSSR count). The van der Waals surface area contributed by atoms with E-state index in [0.717, 1.165) is 18.9 Å². The second kappa shape index (κ2) is 5.03. The summed E-state index contributed by atoms with van der Waals surface area (Å²) in [4.78, 5) is 1.38. The summed E-state index contributed by atoms with van der Waals surface area (Å²) in [7, 11) is 0. The SMILES string of the molecule is CCNC(c1snnc1CC)C1CCC1. The zero-order valence-electron chi connectivity index (χ0n) is 9.49. The van der Waals surface area contributed by atoms with Crippen LogP contribution in [0.1, 0.15) is 49.7 Å². The minimum Gasteiger partial charge on any atom is -0.309 e. The van der Waals surface area contributed by atoms with Crippen molar-refractivity contribution >= 4 is 11.5 Å². The van der Waals surface area contributed by atoms with Gasteiger partial charge < -0.3 is 5.32 Å². The standard InChI is InChI=1S/C11H19N3S/c1-3-9-11(15-14-13-9)10(12-4-2)8-6-5-7-8/h8,10,12H,3-7H2,1-2H3. The molecule has 1 aromatic rings. The molecule has 1 saturated carbocycles. The van der Waals surface area contributed by atoms with Gasteiger partial charge in [0.05, 0.1) is 10.6 Å². The van der Waals surface area contributed by atoms with Crippen molar-refractivity contribution in [3.8, 4) is 0 Å². The smallest absolute Gasteiger partial charge is 0.0801 e. The van der Waals surface area contributed by atoms with E-state index < -0.39 is 0 Å². The first-order chi connectivity index (χ1) is 7.36. The summed E-state index contributed by atoms with van der Waals surface area (Å²) < 4.78 is 4.09. The molecule has 0 aliphatic heterocycles. The summed E-state index contributed by atoms with van der Waals surface area (Å²) in [5.41, 5.74) is 1.19. The molecule has 15 heavy (non-hydrogen) atoms. The summed E-state index contributed by atoms with van der Waals surface area (Å²) >= 11 is 1.58. The summed E-state index contributed by atoms with van der Waals surface area (Å²) in [5.74, 6) is 0.817. The van der Waals surface area contributed by atoms with Crippen molar-refractivity contribution in [2.45, 2.75) is 45.6 Å². The number of nitrogens with zero attached hydrogens (tertiary/aromatic N) is 2. The Kier molecular flexibility index (Phi) is 3.70. The monoisotopic (exact) mass is 225 g/mol. The highest BCUT2D eigenvalue weighted by atomic mass is 32.1. The highest BCUT2D eigenvalue weighted by Crippen LogP contribution is 2.39. The lowest BCUT2D eigenvalue weighted by atomic mass is 9.79. The largest absolute Gasteiger partial charge is 0.309 e. The van der Waals surface area contributed by atoms with Crippen molar-refractivity contribution in [2.24, 2.45) is 5.92 Å². The lowest BCUT2D eigenvalue weighted by molar-refractivity contribution is 0.235. The number of aryl methyl sites for hydroxylation is 1. The molecule has 1 unspecified atom stereocenters. The van der Waals surface area contributed by atoms with Gasteiger partial charge in [-0.15, -0.1) is 5.10 Å². The van der Waals surface area contributed by atoms with Crippen LogP contribution in [0.4, 0.5) is 0 Å². The van der Waals surface area contributed by atoms with E-state index in [2.05, 4.69) is 28.8 Å². The molecule has 1 aliphatic carbocycles. The second-order valence-corrected chi connectivity index (χ2v) is 4.95. The molecule has 1 aromatic heterocycles. The van der Waals surface area contributed by atoms with Gasteiger partial charge in [0.2, 0.25) is 0 Å². The van der Waals surface area contributed by atoms with Crippen molar-refractivity contribution in [3.63, 3.8) is 0 Å². The van der Waals surface area contributed by atoms with Gasteiger partial charge in [-0.3, -0.25) is 0 Å². The highest BCUT2D eigenvalue weighted by molar-refractivity contribution is 7.05. The maximum Gasteiger partial charge on any atom is 0.0801 e. The fourth-order valence-electron chi connectivity index (χ4n) is 2.16. The maximum atomic E-state index is 4.21. The van der Waals surface area contributed by atoms with E-state index >= 15 is 0 Å². The number of hydrogen-bond donors (Lipinski definition) is 1. The minimum absolute atomic E-state index is 0.513. The molecular weight excluding hydrogens is 206 g/mol. The average molecular weight is 225 g/mol. The Hall–Kier alpha value is -0.480. The molecular formula is C11H19N3S. The van der Waals surface area contributed by atoms with E-state index in [9.17, 15) is 0 Å². The van der Waals surface area contributed by atoms with Crippen LogP contribution in [0.2, 0.25) is 0 Å². The summed E-state index contributed by atoms with van der Waals surface area (Å²) in [6, 6.07) is 0.513. The Balaban J connectivity index is 2.15. The molecule has 84 valence electrons. The molecule has 0 amide bonds. The van der Waals surface area contributed by atoms with Crippen LogP contribution >= 0.6 is 11.5 Å². The van der Waals surface area contributed by atoms with Crippen LogP contribution < -0.4 is 5.32 Å². The van der Waals surface area contributed by atoms with Crippen LogP contribution in [0, 0.1) is 5.92 Å². The predicted octanol–water partition coefficient (Wildman–Crippen LogP) is 2.55. The number of nitrogens with one attached hydrogen (secondary N) is 1. The third-order valence-electron chi connectivity index (χ3n) is 3.25. The van der Waals surface area contributed by atoms with Gasteiger partial charge in [-0.2, -0.15) is 0 Å². The molecule has 0 saturated heterocycles. The highest BCUT2D eigenvalue weighted by Gasteiger charge is 2.30. The maximum absolute atomic E-state index is 4.21. The third-order valence-corrected chi connectivity index (χ3v) is 4.10. The molecule has 1 atom stereocenters. The first-order valence-electron chi connectivity index (χ1n) is 5.91. The molecule has 0 radical (unpaired) electrons. The molecule has 0 bridgehead atoms. The Labute approximate surface area is 95.4 Å². The summed E-state index contributed by atoms with van der Waals surface area (Å²) in [6.07, 6.45) is 5.11. The van der Waals surface area contributed by atoms with Crippen molar-refractivity contribution in [2.75, 3.05) is 6.54 Å². The Morgan fingerprint density at radius 2 is 2.27 bits per heavy atom. The van der Waals surface area contributed by atoms with E-state index in [-0.39, 0.29) is 0 Å². The Bertz CT molecular complexity index is 307. The topological polar surface area (TPSA) is 37.8 Å². The van der Waals surface area contributed by atoms with Crippen molar-refractivity contribution in [1.82, 2.24) is 14.9 Å². The average Bonchev–Trinajstić information content (AvgIpc) is 2.61. The van der Waals surface area contributed by atoms with Gasteiger partial charge in [0.1, 0.15) is 0 Å². The van der Waals surface area contributed by atoms with Crippen molar-refractivity contribution in [3.05, 3.63) is 10.6 Å². The quantitative estimate of drug-likeness (QED) is 0.837. The van der Waals surface area contributed by atoms with E-state index in [4.69, 9.17) is 0 Å². The van der Waals surface area contributed by atoms with Crippen molar-refractivity contribution < 1.29 is 0 Å². The molecule has 4 heteroatoms. The lowest BCUT2D eigenvalue weighted by Gasteiger charge is -2.33. The normalized spacial score (nSPS) is 18.8. The molecule has 1 N–H and O–H groups in total. The predicted molar refractivity (Wildman–Crippen MR) is 63.0 cm³/mol. The Morgan fingerprint density at radius 3 is 2.80 bits per heavy atom. The van der Waals surface area contributed by atoms with Crippen LogP contribution in [0.25, 0.3) is 0 Å². The van der Waals surface area contributed by atoms with E-state index in [0.29, 0.717) is 6.04 Å². The lowest BCUT2D eigenvalue weighted by Crippen LogP contribution is -2.32. The Morgan fingerprint density at radius 1 is 1.47 bits per heavy atom. The fourth-order valence-corrected chi connectivity index (χ4v) is 3.07. The summed E-state index contributed by atoms with van der Waals surface area (Å²) in [6.45, 7) is 5.36. The van der Waals surface area contributed by atoms with Crippen LogP contribution in [-0.2, 0) is 6.42 Å².